The first-order chi connectivity index (χ1) is 9.95. The van der Waals surface area contributed by atoms with Crippen LogP contribution in [0, 0.1) is 0 Å². The van der Waals surface area contributed by atoms with E-state index in [1.165, 1.54) is 14.2 Å². The van der Waals surface area contributed by atoms with Crippen LogP contribution in [0.1, 0.15) is 16.8 Å². The number of Topliss-reactive ketones (excluding diaryl/α,β-unsaturated/α-hetero) is 1. The summed E-state index contributed by atoms with van der Waals surface area (Å²) in [6, 6.07) is 4.60. The van der Waals surface area contributed by atoms with Crippen LogP contribution in [0.5, 0.6) is 11.5 Å². The van der Waals surface area contributed by atoms with Gasteiger partial charge in [-0.3, -0.25) is 4.79 Å². The average molecular weight is 313 g/mol. The quantitative estimate of drug-likeness (QED) is 0.804. The number of nitrogens with one attached hydrogen (secondary N) is 1. The Morgan fingerprint density at radius 1 is 1.29 bits per heavy atom. The monoisotopic (exact) mass is 313 g/mol. The van der Waals surface area contributed by atoms with Crippen molar-refractivity contribution in [1.29, 1.82) is 0 Å². The zero-order valence-corrected chi connectivity index (χ0v) is 12.9. The molecule has 1 heterocycles. The predicted octanol–water partition coefficient (Wildman–Crippen LogP) is 0.663. The normalized spacial score (nSPS) is 20.8. The molecule has 1 aliphatic rings. The summed E-state index contributed by atoms with van der Waals surface area (Å²) >= 11 is 0. The Hall–Kier alpha value is -1.60. The molecule has 6 nitrogen and oxygen atoms in total. The molecule has 1 aliphatic heterocycles. The van der Waals surface area contributed by atoms with Crippen molar-refractivity contribution < 1.29 is 22.7 Å². The van der Waals surface area contributed by atoms with Crippen LogP contribution < -0.4 is 14.8 Å². The zero-order valence-electron chi connectivity index (χ0n) is 12.1. The van der Waals surface area contributed by atoms with E-state index < -0.39 is 9.84 Å². The van der Waals surface area contributed by atoms with Gasteiger partial charge in [0.15, 0.2) is 27.1 Å². The van der Waals surface area contributed by atoms with Gasteiger partial charge in [0.1, 0.15) is 0 Å². The van der Waals surface area contributed by atoms with Crippen LogP contribution in [0.3, 0.4) is 0 Å². The topological polar surface area (TPSA) is 81.7 Å². The second-order valence-corrected chi connectivity index (χ2v) is 7.19. The van der Waals surface area contributed by atoms with Gasteiger partial charge >= 0.3 is 0 Å². The van der Waals surface area contributed by atoms with Crippen molar-refractivity contribution in [3.8, 4) is 11.5 Å². The predicted molar refractivity (Wildman–Crippen MR) is 78.9 cm³/mol. The Balaban J connectivity index is 2.10. The standard InChI is InChI=1S/C14H19NO5S/c1-19-13-4-3-10(7-14(13)20-2)12(16)8-11-9-21(17,18)6-5-15-11/h3-4,7,11,15H,5-6,8-9H2,1-2H3. The van der Waals surface area contributed by atoms with E-state index in [9.17, 15) is 13.2 Å². The molecule has 0 aromatic heterocycles. The second kappa shape index (κ2) is 6.44. The van der Waals surface area contributed by atoms with Gasteiger partial charge in [-0.05, 0) is 18.2 Å². The summed E-state index contributed by atoms with van der Waals surface area (Å²) in [5, 5.41) is 3.07. The molecule has 0 bridgehead atoms. The molecule has 0 radical (unpaired) electrons. The van der Waals surface area contributed by atoms with Crippen LogP contribution in [0.25, 0.3) is 0 Å². The fourth-order valence-corrected chi connectivity index (χ4v) is 3.79. The molecule has 1 aromatic carbocycles. The maximum absolute atomic E-state index is 12.3. The molecule has 1 atom stereocenters. The lowest BCUT2D eigenvalue weighted by atomic mass is 10.0. The molecule has 0 spiro atoms. The molecule has 1 fully saturated rings. The van der Waals surface area contributed by atoms with E-state index in [1.807, 2.05) is 0 Å². The van der Waals surface area contributed by atoms with E-state index in [4.69, 9.17) is 9.47 Å². The van der Waals surface area contributed by atoms with Gasteiger partial charge in [-0.15, -0.1) is 0 Å². The summed E-state index contributed by atoms with van der Waals surface area (Å²) in [6.45, 7) is 0.395. The van der Waals surface area contributed by atoms with E-state index in [2.05, 4.69) is 5.32 Å². The van der Waals surface area contributed by atoms with E-state index in [0.29, 0.717) is 23.6 Å². The Morgan fingerprint density at radius 3 is 2.62 bits per heavy atom. The number of carbonyl (C=O) groups excluding carboxylic acids is 1. The van der Waals surface area contributed by atoms with Crippen LogP contribution in [0.15, 0.2) is 18.2 Å². The van der Waals surface area contributed by atoms with Crippen LogP contribution in [-0.4, -0.2) is 52.5 Å². The Labute approximate surface area is 124 Å². The SMILES string of the molecule is COc1ccc(C(=O)CC2CS(=O)(=O)CCN2)cc1OC. The maximum Gasteiger partial charge on any atom is 0.164 e. The number of ketones is 1. The number of ether oxygens (including phenoxy) is 2. The highest BCUT2D eigenvalue weighted by atomic mass is 32.2. The number of carbonyl (C=O) groups is 1. The molecule has 1 saturated heterocycles. The summed E-state index contributed by atoms with van der Waals surface area (Å²) in [5.41, 5.74) is 0.484. The fraction of sp³-hybridized carbons (Fsp3) is 0.500. The largest absolute Gasteiger partial charge is 0.493 e. The first kappa shape index (κ1) is 15.8. The summed E-state index contributed by atoms with van der Waals surface area (Å²) in [5.74, 6) is 1.05. The van der Waals surface area contributed by atoms with E-state index >= 15 is 0 Å². The molecule has 0 aliphatic carbocycles. The number of methoxy groups -OCH3 is 2. The lowest BCUT2D eigenvalue weighted by molar-refractivity contribution is 0.0971. The third kappa shape index (κ3) is 3.95. The van der Waals surface area contributed by atoms with Gasteiger partial charge in [-0.2, -0.15) is 0 Å². The van der Waals surface area contributed by atoms with Crippen LogP contribution in [-0.2, 0) is 9.84 Å². The summed E-state index contributed by atoms with van der Waals surface area (Å²) in [7, 11) is -0.0173. The van der Waals surface area contributed by atoms with Crippen LogP contribution in [0.4, 0.5) is 0 Å². The molecule has 7 heteroatoms. The highest BCUT2D eigenvalue weighted by Gasteiger charge is 2.26. The molecule has 0 saturated carbocycles. The molecule has 1 aromatic rings. The first-order valence-electron chi connectivity index (χ1n) is 6.64. The molecule has 1 N–H and O–H groups in total. The van der Waals surface area contributed by atoms with Crippen LogP contribution >= 0.6 is 0 Å². The molecule has 0 amide bonds. The van der Waals surface area contributed by atoms with Gasteiger partial charge in [-0.25, -0.2) is 8.42 Å². The van der Waals surface area contributed by atoms with Gasteiger partial charge in [0.2, 0.25) is 0 Å². The third-order valence-electron chi connectivity index (χ3n) is 3.44. The van der Waals surface area contributed by atoms with Crippen molar-refractivity contribution in [2.24, 2.45) is 0 Å². The van der Waals surface area contributed by atoms with Crippen molar-refractivity contribution in [3.05, 3.63) is 23.8 Å². The summed E-state index contributed by atoms with van der Waals surface area (Å²) in [6.07, 6.45) is 0.148. The number of sulfone groups is 1. The van der Waals surface area contributed by atoms with Gasteiger partial charge in [0, 0.05) is 24.6 Å². The zero-order chi connectivity index (χ0) is 15.5. The third-order valence-corrected chi connectivity index (χ3v) is 5.17. The van der Waals surface area contributed by atoms with Crippen molar-refractivity contribution in [2.75, 3.05) is 32.3 Å². The summed E-state index contributed by atoms with van der Waals surface area (Å²) in [4.78, 5) is 12.3. The minimum atomic E-state index is -3.04. The van der Waals surface area contributed by atoms with E-state index in [-0.39, 0.29) is 29.8 Å². The first-order valence-corrected chi connectivity index (χ1v) is 8.46. The highest BCUT2D eigenvalue weighted by molar-refractivity contribution is 7.91. The highest BCUT2D eigenvalue weighted by Crippen LogP contribution is 2.28. The Bertz CT molecular complexity index is 626. The Kier molecular flexibility index (Phi) is 4.84. The average Bonchev–Trinajstić information content (AvgIpc) is 2.45. The lowest BCUT2D eigenvalue weighted by Gasteiger charge is -2.23. The molecule has 2 rings (SSSR count). The molecular weight excluding hydrogens is 294 g/mol. The van der Waals surface area contributed by atoms with Crippen molar-refractivity contribution >= 4 is 15.6 Å². The molecule has 116 valence electrons. The van der Waals surface area contributed by atoms with Crippen LogP contribution in [0.2, 0.25) is 0 Å². The van der Waals surface area contributed by atoms with Gasteiger partial charge in [-0.1, -0.05) is 0 Å². The number of rotatable bonds is 5. The van der Waals surface area contributed by atoms with Gasteiger partial charge in [0.05, 0.1) is 25.7 Å². The van der Waals surface area contributed by atoms with Gasteiger partial charge < -0.3 is 14.8 Å². The number of benzene rings is 1. The number of hydrogen-bond donors (Lipinski definition) is 1. The summed E-state index contributed by atoms with van der Waals surface area (Å²) < 4.78 is 33.4. The van der Waals surface area contributed by atoms with Crippen molar-refractivity contribution in [3.63, 3.8) is 0 Å². The van der Waals surface area contributed by atoms with E-state index in [1.54, 1.807) is 18.2 Å². The fourth-order valence-electron chi connectivity index (χ4n) is 2.35. The lowest BCUT2D eigenvalue weighted by Crippen LogP contribution is -2.45. The van der Waals surface area contributed by atoms with Gasteiger partial charge in [0.25, 0.3) is 0 Å². The minimum absolute atomic E-state index is 0.00598. The molecule has 21 heavy (non-hydrogen) atoms. The molecule has 1 unspecified atom stereocenters. The van der Waals surface area contributed by atoms with Crippen molar-refractivity contribution in [2.45, 2.75) is 12.5 Å². The second-order valence-electron chi connectivity index (χ2n) is 4.96. The number of hydrogen-bond acceptors (Lipinski definition) is 6. The smallest absolute Gasteiger partial charge is 0.164 e. The van der Waals surface area contributed by atoms with Crippen molar-refractivity contribution in [1.82, 2.24) is 5.32 Å². The van der Waals surface area contributed by atoms with E-state index in [0.717, 1.165) is 0 Å². The minimum Gasteiger partial charge on any atom is -0.493 e. The maximum atomic E-state index is 12.3. The Morgan fingerprint density at radius 2 is 2.00 bits per heavy atom. The molecular formula is C14H19NO5S.